The summed E-state index contributed by atoms with van der Waals surface area (Å²) < 4.78 is 13.1. The van der Waals surface area contributed by atoms with Gasteiger partial charge in [0.2, 0.25) is 5.91 Å². The lowest BCUT2D eigenvalue weighted by molar-refractivity contribution is -0.123. The van der Waals surface area contributed by atoms with Crippen molar-refractivity contribution in [2.45, 2.75) is 32.1 Å². The lowest BCUT2D eigenvalue weighted by Gasteiger charge is -2.35. The zero-order valence-corrected chi connectivity index (χ0v) is 16.0. The quantitative estimate of drug-likeness (QED) is 0.763. The standard InChI is InChI=1S/C21H23ClFN3O/c22-17-4-6-19-16(13-17)3-1-2-10-26(19)21(27)15-8-11-25(12-9-15)20-7-5-18(23)14-24-20/h4-7,13-15H,1-3,8-12H2. The van der Waals surface area contributed by atoms with Crippen LogP contribution < -0.4 is 9.80 Å². The fourth-order valence-electron chi connectivity index (χ4n) is 4.08. The van der Waals surface area contributed by atoms with Crippen molar-refractivity contribution < 1.29 is 9.18 Å². The Kier molecular flexibility index (Phi) is 5.30. The Morgan fingerprint density at radius 3 is 2.67 bits per heavy atom. The zero-order chi connectivity index (χ0) is 18.8. The molecule has 3 heterocycles. The molecule has 1 aromatic heterocycles. The predicted molar refractivity (Wildman–Crippen MR) is 106 cm³/mol. The molecule has 1 amide bonds. The average Bonchev–Trinajstić information content (AvgIpc) is 2.90. The molecule has 1 aromatic carbocycles. The fourth-order valence-corrected chi connectivity index (χ4v) is 4.28. The first-order valence-electron chi connectivity index (χ1n) is 9.58. The van der Waals surface area contributed by atoms with Crippen molar-refractivity contribution in [2.24, 2.45) is 5.92 Å². The first-order valence-corrected chi connectivity index (χ1v) is 9.96. The van der Waals surface area contributed by atoms with E-state index in [9.17, 15) is 9.18 Å². The highest BCUT2D eigenvalue weighted by Gasteiger charge is 2.31. The molecular formula is C21H23ClFN3O. The van der Waals surface area contributed by atoms with Crippen LogP contribution in [-0.4, -0.2) is 30.5 Å². The molecule has 1 saturated heterocycles. The van der Waals surface area contributed by atoms with Crippen molar-refractivity contribution in [1.82, 2.24) is 4.98 Å². The number of amides is 1. The van der Waals surface area contributed by atoms with Gasteiger partial charge in [0.1, 0.15) is 11.6 Å². The predicted octanol–water partition coefficient (Wildman–Crippen LogP) is 4.46. The topological polar surface area (TPSA) is 36.4 Å². The molecule has 0 N–H and O–H groups in total. The number of piperidine rings is 1. The van der Waals surface area contributed by atoms with E-state index >= 15 is 0 Å². The zero-order valence-electron chi connectivity index (χ0n) is 15.2. The Hall–Kier alpha value is -2.14. The van der Waals surface area contributed by atoms with Crippen molar-refractivity contribution in [1.29, 1.82) is 0 Å². The summed E-state index contributed by atoms with van der Waals surface area (Å²) in [6.45, 7) is 2.29. The number of benzene rings is 1. The molecule has 4 rings (SSSR count). The summed E-state index contributed by atoms with van der Waals surface area (Å²) >= 11 is 6.15. The van der Waals surface area contributed by atoms with E-state index in [0.717, 1.165) is 68.3 Å². The van der Waals surface area contributed by atoms with Crippen molar-refractivity contribution in [3.63, 3.8) is 0 Å². The van der Waals surface area contributed by atoms with Gasteiger partial charge in [-0.15, -0.1) is 0 Å². The molecule has 27 heavy (non-hydrogen) atoms. The second-order valence-electron chi connectivity index (χ2n) is 7.32. The van der Waals surface area contributed by atoms with Crippen LogP contribution in [0.15, 0.2) is 36.5 Å². The molecule has 0 unspecified atom stereocenters. The van der Waals surface area contributed by atoms with E-state index in [-0.39, 0.29) is 17.6 Å². The van der Waals surface area contributed by atoms with Gasteiger partial charge in [-0.3, -0.25) is 4.79 Å². The molecule has 0 radical (unpaired) electrons. The largest absolute Gasteiger partial charge is 0.357 e. The molecule has 2 aliphatic rings. The highest BCUT2D eigenvalue weighted by molar-refractivity contribution is 6.30. The maximum atomic E-state index is 13.3. The van der Waals surface area contributed by atoms with E-state index in [1.807, 2.05) is 23.1 Å². The number of carbonyl (C=O) groups excluding carboxylic acids is 1. The molecule has 4 nitrogen and oxygen atoms in total. The lowest BCUT2D eigenvalue weighted by Crippen LogP contribution is -2.43. The molecule has 6 heteroatoms. The van der Waals surface area contributed by atoms with Gasteiger partial charge in [-0.25, -0.2) is 9.37 Å². The number of nitrogens with zero attached hydrogens (tertiary/aromatic N) is 3. The van der Waals surface area contributed by atoms with Crippen LogP contribution in [-0.2, 0) is 11.2 Å². The summed E-state index contributed by atoms with van der Waals surface area (Å²) in [5.41, 5.74) is 2.19. The molecule has 0 saturated carbocycles. The van der Waals surface area contributed by atoms with Crippen molar-refractivity contribution in [3.05, 3.63) is 52.9 Å². The van der Waals surface area contributed by atoms with Crippen LogP contribution in [0.1, 0.15) is 31.2 Å². The molecule has 0 spiro atoms. The Morgan fingerprint density at radius 1 is 1.11 bits per heavy atom. The Balaban J connectivity index is 1.46. The van der Waals surface area contributed by atoms with Gasteiger partial charge in [-0.1, -0.05) is 11.6 Å². The van der Waals surface area contributed by atoms with Gasteiger partial charge in [-0.2, -0.15) is 0 Å². The smallest absolute Gasteiger partial charge is 0.230 e. The van der Waals surface area contributed by atoms with E-state index in [2.05, 4.69) is 9.88 Å². The van der Waals surface area contributed by atoms with Gasteiger partial charge in [0, 0.05) is 36.3 Å². The summed E-state index contributed by atoms with van der Waals surface area (Å²) in [5.74, 6) is 0.677. The van der Waals surface area contributed by atoms with Gasteiger partial charge in [0.15, 0.2) is 0 Å². The normalized spacial score (nSPS) is 18.1. The second kappa shape index (κ2) is 7.85. The third kappa shape index (κ3) is 3.93. The monoisotopic (exact) mass is 387 g/mol. The van der Waals surface area contributed by atoms with Crippen LogP contribution in [0, 0.1) is 11.7 Å². The summed E-state index contributed by atoms with van der Waals surface area (Å²) in [6, 6.07) is 8.98. The number of aromatic nitrogens is 1. The number of fused-ring (bicyclic) bond motifs is 1. The minimum absolute atomic E-state index is 0.0170. The molecule has 142 valence electrons. The third-order valence-electron chi connectivity index (χ3n) is 5.56. The first-order chi connectivity index (χ1) is 13.1. The Labute approximate surface area is 163 Å². The number of aryl methyl sites for hydroxylation is 1. The Morgan fingerprint density at radius 2 is 1.93 bits per heavy atom. The number of halogens is 2. The van der Waals surface area contributed by atoms with Crippen LogP contribution >= 0.6 is 11.6 Å². The van der Waals surface area contributed by atoms with Gasteiger partial charge >= 0.3 is 0 Å². The van der Waals surface area contributed by atoms with Crippen LogP contribution in [0.2, 0.25) is 5.02 Å². The summed E-state index contributed by atoms with van der Waals surface area (Å²) in [5, 5.41) is 0.725. The van der Waals surface area contributed by atoms with Crippen molar-refractivity contribution >= 4 is 29.0 Å². The van der Waals surface area contributed by atoms with Crippen molar-refractivity contribution in [3.8, 4) is 0 Å². The minimum atomic E-state index is -0.330. The second-order valence-corrected chi connectivity index (χ2v) is 7.75. The summed E-state index contributed by atoms with van der Waals surface area (Å²) in [4.78, 5) is 21.5. The van der Waals surface area contributed by atoms with Gasteiger partial charge in [-0.05, 0) is 68.0 Å². The number of pyridine rings is 1. The van der Waals surface area contributed by atoms with Gasteiger partial charge in [0.05, 0.1) is 6.20 Å². The van der Waals surface area contributed by atoms with Gasteiger partial charge in [0.25, 0.3) is 0 Å². The van der Waals surface area contributed by atoms with E-state index in [1.54, 1.807) is 6.07 Å². The van der Waals surface area contributed by atoms with E-state index in [1.165, 1.54) is 17.8 Å². The third-order valence-corrected chi connectivity index (χ3v) is 5.79. The number of hydrogen-bond acceptors (Lipinski definition) is 3. The van der Waals surface area contributed by atoms with Crippen LogP contribution in [0.3, 0.4) is 0 Å². The summed E-state index contributed by atoms with van der Waals surface area (Å²) in [7, 11) is 0. The molecule has 0 aliphatic carbocycles. The van der Waals surface area contributed by atoms with E-state index in [0.29, 0.717) is 0 Å². The van der Waals surface area contributed by atoms with Crippen LogP contribution in [0.25, 0.3) is 0 Å². The summed E-state index contributed by atoms with van der Waals surface area (Å²) in [6.07, 6.45) is 5.87. The molecule has 2 aromatic rings. The SMILES string of the molecule is O=C(C1CCN(c2ccc(F)cn2)CC1)N1CCCCc2cc(Cl)ccc21. The molecule has 2 aliphatic heterocycles. The number of carbonyl (C=O) groups is 1. The maximum Gasteiger partial charge on any atom is 0.230 e. The number of rotatable bonds is 2. The first kappa shape index (κ1) is 18.2. The minimum Gasteiger partial charge on any atom is -0.357 e. The van der Waals surface area contributed by atoms with Crippen LogP contribution in [0.4, 0.5) is 15.9 Å². The molecule has 0 atom stereocenters. The number of anilines is 2. The number of hydrogen-bond donors (Lipinski definition) is 0. The van der Waals surface area contributed by atoms with E-state index in [4.69, 9.17) is 11.6 Å². The van der Waals surface area contributed by atoms with Gasteiger partial charge < -0.3 is 9.80 Å². The molecule has 0 bridgehead atoms. The average molecular weight is 388 g/mol. The van der Waals surface area contributed by atoms with Crippen molar-refractivity contribution in [2.75, 3.05) is 29.4 Å². The van der Waals surface area contributed by atoms with Crippen LogP contribution in [0.5, 0.6) is 0 Å². The molecular weight excluding hydrogens is 365 g/mol. The lowest BCUT2D eigenvalue weighted by atomic mass is 9.94. The molecule has 1 fully saturated rings. The highest BCUT2D eigenvalue weighted by atomic mass is 35.5. The highest BCUT2D eigenvalue weighted by Crippen LogP contribution is 2.32. The fraction of sp³-hybridized carbons (Fsp3) is 0.429. The van der Waals surface area contributed by atoms with E-state index < -0.39 is 0 Å². The Bertz CT molecular complexity index is 819. The maximum absolute atomic E-state index is 13.3.